The zero-order chi connectivity index (χ0) is 20.9. The molecule has 1 amide bonds. The summed E-state index contributed by atoms with van der Waals surface area (Å²) in [5, 5.41) is 5.36. The van der Waals surface area contributed by atoms with Crippen molar-refractivity contribution in [3.63, 3.8) is 0 Å². The highest BCUT2D eigenvalue weighted by Gasteiger charge is 2.12. The first-order valence-corrected chi connectivity index (χ1v) is 10.6. The summed E-state index contributed by atoms with van der Waals surface area (Å²) in [7, 11) is 0. The summed E-state index contributed by atoms with van der Waals surface area (Å²) in [6.07, 6.45) is 2.04. The van der Waals surface area contributed by atoms with E-state index in [2.05, 4.69) is 74.3 Å². The molecule has 0 atom stereocenters. The van der Waals surface area contributed by atoms with Crippen molar-refractivity contribution in [3.05, 3.63) is 106 Å². The first-order valence-electron chi connectivity index (χ1n) is 9.80. The molecule has 30 heavy (non-hydrogen) atoms. The molecule has 1 aromatic heterocycles. The second-order valence-electron chi connectivity index (χ2n) is 7.18. The zero-order valence-corrected chi connectivity index (χ0v) is 18.3. The van der Waals surface area contributed by atoms with Crippen molar-refractivity contribution in [1.82, 2.24) is 9.99 Å². The van der Waals surface area contributed by atoms with Crippen LogP contribution in [0.5, 0.6) is 0 Å². The molecule has 4 nitrogen and oxygen atoms in total. The van der Waals surface area contributed by atoms with Crippen LogP contribution in [0, 0.1) is 6.92 Å². The summed E-state index contributed by atoms with van der Waals surface area (Å²) < 4.78 is 3.28. The number of amides is 1. The van der Waals surface area contributed by atoms with Gasteiger partial charge in [-0.25, -0.2) is 5.43 Å². The first-order chi connectivity index (χ1) is 14.6. The fraction of sp³-hybridized carbons (Fsp3) is 0.120. The van der Waals surface area contributed by atoms with Gasteiger partial charge in [-0.05, 0) is 36.2 Å². The highest BCUT2D eigenvalue weighted by Crippen LogP contribution is 2.25. The minimum atomic E-state index is -0.140. The SMILES string of the molecule is Cc1c(/C=N/NC(=O)Cc2ccc(Br)cc2)c2ccccc2n1Cc1ccccc1. The number of benzene rings is 3. The van der Waals surface area contributed by atoms with E-state index in [9.17, 15) is 4.79 Å². The number of rotatable bonds is 6. The lowest BCUT2D eigenvalue weighted by atomic mass is 10.1. The second-order valence-corrected chi connectivity index (χ2v) is 8.10. The lowest BCUT2D eigenvalue weighted by Crippen LogP contribution is -2.19. The molecule has 0 aliphatic rings. The third kappa shape index (κ3) is 4.52. The summed E-state index contributed by atoms with van der Waals surface area (Å²) >= 11 is 3.40. The number of hydrogen-bond acceptors (Lipinski definition) is 2. The minimum absolute atomic E-state index is 0.140. The number of nitrogens with zero attached hydrogens (tertiary/aromatic N) is 2. The van der Waals surface area contributed by atoms with Gasteiger partial charge in [0.1, 0.15) is 0 Å². The fourth-order valence-corrected chi connectivity index (χ4v) is 3.85. The molecule has 150 valence electrons. The molecule has 4 rings (SSSR count). The number of nitrogens with one attached hydrogen (secondary N) is 1. The first kappa shape index (κ1) is 20.1. The van der Waals surface area contributed by atoms with E-state index in [1.807, 2.05) is 42.5 Å². The largest absolute Gasteiger partial charge is 0.340 e. The van der Waals surface area contributed by atoms with E-state index >= 15 is 0 Å². The average Bonchev–Trinajstić information content (AvgIpc) is 3.02. The van der Waals surface area contributed by atoms with Crippen LogP contribution in [0.4, 0.5) is 0 Å². The van der Waals surface area contributed by atoms with Gasteiger partial charge in [-0.2, -0.15) is 5.10 Å². The van der Waals surface area contributed by atoms with Gasteiger partial charge >= 0.3 is 0 Å². The number of carbonyl (C=O) groups excluding carboxylic acids is 1. The highest BCUT2D eigenvalue weighted by atomic mass is 79.9. The molecular formula is C25H22BrN3O. The predicted molar refractivity (Wildman–Crippen MR) is 126 cm³/mol. The van der Waals surface area contributed by atoms with E-state index in [4.69, 9.17) is 0 Å². The van der Waals surface area contributed by atoms with Gasteiger partial charge in [0.2, 0.25) is 5.91 Å². The number of para-hydroxylation sites is 1. The summed E-state index contributed by atoms with van der Waals surface area (Å²) in [5.74, 6) is -0.140. The third-order valence-corrected chi connectivity index (χ3v) is 5.65. The molecule has 0 aliphatic heterocycles. The third-order valence-electron chi connectivity index (χ3n) is 5.12. The molecule has 0 unspecified atom stereocenters. The van der Waals surface area contributed by atoms with E-state index in [0.717, 1.165) is 38.7 Å². The van der Waals surface area contributed by atoms with Crippen LogP contribution in [0.25, 0.3) is 10.9 Å². The molecule has 3 aromatic carbocycles. The van der Waals surface area contributed by atoms with Crippen LogP contribution >= 0.6 is 15.9 Å². The molecule has 4 aromatic rings. The van der Waals surface area contributed by atoms with Crippen molar-refractivity contribution >= 4 is 39.0 Å². The van der Waals surface area contributed by atoms with Crippen LogP contribution in [-0.2, 0) is 17.8 Å². The second kappa shape index (κ2) is 9.09. The topological polar surface area (TPSA) is 46.4 Å². The normalized spacial score (nSPS) is 11.3. The Hall–Kier alpha value is -3.18. The lowest BCUT2D eigenvalue weighted by Gasteiger charge is -2.08. The van der Waals surface area contributed by atoms with Crippen LogP contribution < -0.4 is 5.43 Å². The Kier molecular flexibility index (Phi) is 6.10. The van der Waals surface area contributed by atoms with Gasteiger partial charge in [0, 0.05) is 33.2 Å². The number of hydrogen-bond donors (Lipinski definition) is 1. The molecular weight excluding hydrogens is 438 g/mol. The number of carbonyl (C=O) groups is 1. The number of aromatic nitrogens is 1. The standard InChI is InChI=1S/C25H22BrN3O/c1-18-23(16-27-28-25(30)15-19-11-13-21(26)14-12-19)22-9-5-6-10-24(22)29(18)17-20-7-3-2-4-8-20/h2-14,16H,15,17H2,1H3,(H,28,30)/b27-16+. The Morgan fingerprint density at radius 2 is 1.67 bits per heavy atom. The lowest BCUT2D eigenvalue weighted by molar-refractivity contribution is -0.120. The van der Waals surface area contributed by atoms with Gasteiger partial charge < -0.3 is 4.57 Å². The van der Waals surface area contributed by atoms with Gasteiger partial charge in [-0.3, -0.25) is 4.79 Å². The summed E-state index contributed by atoms with van der Waals surface area (Å²) in [6, 6.07) is 26.4. The quantitative estimate of drug-likeness (QED) is 0.302. The maximum Gasteiger partial charge on any atom is 0.244 e. The molecule has 0 bridgehead atoms. The van der Waals surface area contributed by atoms with E-state index in [1.165, 1.54) is 5.56 Å². The Labute approximate surface area is 184 Å². The predicted octanol–water partition coefficient (Wildman–Crippen LogP) is 5.45. The van der Waals surface area contributed by atoms with Gasteiger partial charge in [0.25, 0.3) is 0 Å². The van der Waals surface area contributed by atoms with Crippen LogP contribution in [0.2, 0.25) is 0 Å². The van der Waals surface area contributed by atoms with Crippen LogP contribution in [0.15, 0.2) is 88.4 Å². The van der Waals surface area contributed by atoms with Crippen molar-refractivity contribution in [2.45, 2.75) is 19.9 Å². The summed E-state index contributed by atoms with van der Waals surface area (Å²) in [4.78, 5) is 12.2. The molecule has 0 spiro atoms. The van der Waals surface area contributed by atoms with Gasteiger partial charge in [0.05, 0.1) is 12.6 Å². The van der Waals surface area contributed by atoms with E-state index < -0.39 is 0 Å². The highest BCUT2D eigenvalue weighted by molar-refractivity contribution is 9.10. The average molecular weight is 460 g/mol. The van der Waals surface area contributed by atoms with Crippen molar-refractivity contribution in [3.8, 4) is 0 Å². The molecule has 0 saturated heterocycles. The molecule has 1 N–H and O–H groups in total. The number of hydrazone groups is 1. The molecule has 0 fully saturated rings. The Bertz CT molecular complexity index is 1190. The minimum Gasteiger partial charge on any atom is -0.340 e. The molecule has 1 heterocycles. The van der Waals surface area contributed by atoms with Gasteiger partial charge in [-0.1, -0.05) is 76.6 Å². The summed E-state index contributed by atoms with van der Waals surface area (Å²) in [5.41, 5.74) is 8.13. The van der Waals surface area contributed by atoms with Crippen molar-refractivity contribution < 1.29 is 4.79 Å². The smallest absolute Gasteiger partial charge is 0.244 e. The molecule has 0 radical (unpaired) electrons. The number of fused-ring (bicyclic) bond motifs is 1. The zero-order valence-electron chi connectivity index (χ0n) is 16.7. The maximum absolute atomic E-state index is 12.2. The van der Waals surface area contributed by atoms with E-state index in [-0.39, 0.29) is 5.91 Å². The summed E-state index contributed by atoms with van der Waals surface area (Å²) in [6.45, 7) is 2.88. The molecule has 0 saturated carbocycles. The van der Waals surface area contributed by atoms with Crippen LogP contribution in [0.1, 0.15) is 22.4 Å². The Morgan fingerprint density at radius 3 is 2.43 bits per heavy atom. The van der Waals surface area contributed by atoms with Gasteiger partial charge in [-0.15, -0.1) is 0 Å². The molecule has 5 heteroatoms. The van der Waals surface area contributed by atoms with Gasteiger partial charge in [0.15, 0.2) is 0 Å². The Balaban J connectivity index is 1.54. The van der Waals surface area contributed by atoms with Crippen molar-refractivity contribution in [2.75, 3.05) is 0 Å². The van der Waals surface area contributed by atoms with Crippen LogP contribution in [0.3, 0.4) is 0 Å². The maximum atomic E-state index is 12.2. The van der Waals surface area contributed by atoms with Crippen molar-refractivity contribution in [2.24, 2.45) is 5.10 Å². The van der Waals surface area contributed by atoms with E-state index in [1.54, 1.807) is 6.21 Å². The van der Waals surface area contributed by atoms with E-state index in [0.29, 0.717) is 6.42 Å². The van der Waals surface area contributed by atoms with Crippen LogP contribution in [-0.4, -0.2) is 16.7 Å². The van der Waals surface area contributed by atoms with Crippen molar-refractivity contribution in [1.29, 1.82) is 0 Å². The Morgan fingerprint density at radius 1 is 0.967 bits per heavy atom. The molecule has 0 aliphatic carbocycles. The monoisotopic (exact) mass is 459 g/mol. The fourth-order valence-electron chi connectivity index (χ4n) is 3.59. The number of halogens is 1.